The van der Waals surface area contributed by atoms with Gasteiger partial charge in [0.05, 0.1) is 11.2 Å². The third kappa shape index (κ3) is 4.99. The highest BCUT2D eigenvalue weighted by Crippen LogP contribution is 2.18. The van der Waals surface area contributed by atoms with E-state index >= 15 is 0 Å². The van der Waals surface area contributed by atoms with Crippen molar-refractivity contribution in [2.75, 3.05) is 6.54 Å². The number of rotatable bonds is 7. The monoisotopic (exact) mass is 264 g/mol. The summed E-state index contributed by atoms with van der Waals surface area (Å²) in [6, 6.07) is 3.55. The molecule has 4 nitrogen and oxygen atoms in total. The molecule has 0 saturated heterocycles. The van der Waals surface area contributed by atoms with Crippen LogP contribution < -0.4 is 5.32 Å². The van der Waals surface area contributed by atoms with Gasteiger partial charge in [-0.1, -0.05) is 26.7 Å². The van der Waals surface area contributed by atoms with Crippen molar-refractivity contribution in [1.82, 2.24) is 10.3 Å². The van der Waals surface area contributed by atoms with Crippen molar-refractivity contribution in [3.8, 4) is 0 Å². The number of aryl methyl sites for hydroxylation is 1. The first kappa shape index (κ1) is 15.6. The average molecular weight is 264 g/mol. The first-order chi connectivity index (χ1) is 9.00. The quantitative estimate of drug-likeness (QED) is 0.795. The summed E-state index contributed by atoms with van der Waals surface area (Å²) in [4.78, 5) is 16.0. The van der Waals surface area contributed by atoms with Crippen LogP contribution >= 0.6 is 0 Å². The molecule has 0 bridgehead atoms. The minimum absolute atomic E-state index is 0.182. The number of amides is 1. The molecule has 2 N–H and O–H groups in total. The number of nitrogens with one attached hydrogen (secondary N) is 1. The molecule has 0 unspecified atom stereocenters. The molecular weight excluding hydrogens is 240 g/mol. The smallest absolute Gasteiger partial charge is 0.252 e. The van der Waals surface area contributed by atoms with E-state index in [0.29, 0.717) is 24.9 Å². The molecule has 0 aliphatic carbocycles. The minimum Gasteiger partial charge on any atom is -0.388 e. The molecule has 0 aromatic carbocycles. The Balaban J connectivity index is 2.58. The summed E-state index contributed by atoms with van der Waals surface area (Å²) in [5.41, 5.74) is 0.614. The number of carbonyl (C=O) groups excluding carboxylic acids is 1. The van der Waals surface area contributed by atoms with Gasteiger partial charge in [-0.3, -0.25) is 9.78 Å². The van der Waals surface area contributed by atoms with E-state index in [-0.39, 0.29) is 5.91 Å². The van der Waals surface area contributed by atoms with E-state index in [2.05, 4.69) is 10.3 Å². The van der Waals surface area contributed by atoms with Gasteiger partial charge in [0.25, 0.3) is 5.91 Å². The van der Waals surface area contributed by atoms with Gasteiger partial charge in [-0.25, -0.2) is 0 Å². The number of hydrogen-bond donors (Lipinski definition) is 2. The van der Waals surface area contributed by atoms with Crippen LogP contribution in [0.1, 0.15) is 55.6 Å². The Kier molecular flexibility index (Phi) is 5.96. The zero-order valence-electron chi connectivity index (χ0n) is 12.1. The number of aliphatic hydroxyl groups is 1. The van der Waals surface area contributed by atoms with Gasteiger partial charge in [-0.15, -0.1) is 0 Å². The minimum atomic E-state index is -0.794. The highest BCUT2D eigenvalue weighted by atomic mass is 16.3. The van der Waals surface area contributed by atoms with Crippen LogP contribution in [-0.4, -0.2) is 28.1 Å². The van der Waals surface area contributed by atoms with Crippen molar-refractivity contribution in [3.05, 3.63) is 29.6 Å². The molecule has 1 heterocycles. The summed E-state index contributed by atoms with van der Waals surface area (Å²) < 4.78 is 0. The lowest BCUT2D eigenvalue weighted by Gasteiger charge is -2.27. The SMILES string of the molecule is CCCC(O)(CCC)CNC(=O)c1ccc(C)nc1. The Labute approximate surface area is 115 Å². The summed E-state index contributed by atoms with van der Waals surface area (Å²) in [6.07, 6.45) is 4.76. The van der Waals surface area contributed by atoms with Crippen LogP contribution in [0.5, 0.6) is 0 Å². The number of hydrogen-bond acceptors (Lipinski definition) is 3. The Morgan fingerprint density at radius 3 is 2.42 bits per heavy atom. The topological polar surface area (TPSA) is 62.2 Å². The summed E-state index contributed by atoms with van der Waals surface area (Å²) in [6.45, 7) is 6.24. The molecule has 0 atom stereocenters. The summed E-state index contributed by atoms with van der Waals surface area (Å²) in [7, 11) is 0. The highest BCUT2D eigenvalue weighted by molar-refractivity contribution is 5.93. The summed E-state index contributed by atoms with van der Waals surface area (Å²) >= 11 is 0. The van der Waals surface area contributed by atoms with Crippen molar-refractivity contribution in [1.29, 1.82) is 0 Å². The van der Waals surface area contributed by atoms with Crippen molar-refractivity contribution in [2.45, 2.75) is 52.1 Å². The van der Waals surface area contributed by atoms with Crippen LogP contribution in [0.25, 0.3) is 0 Å². The first-order valence-electron chi connectivity index (χ1n) is 6.94. The van der Waals surface area contributed by atoms with E-state index in [1.54, 1.807) is 18.3 Å². The van der Waals surface area contributed by atoms with E-state index in [9.17, 15) is 9.90 Å². The van der Waals surface area contributed by atoms with E-state index in [1.807, 2.05) is 20.8 Å². The molecular formula is C15H24N2O2. The molecule has 106 valence electrons. The zero-order valence-corrected chi connectivity index (χ0v) is 12.1. The molecule has 0 radical (unpaired) electrons. The number of pyridine rings is 1. The van der Waals surface area contributed by atoms with Crippen molar-refractivity contribution < 1.29 is 9.90 Å². The lowest BCUT2D eigenvalue weighted by molar-refractivity contribution is 0.0213. The van der Waals surface area contributed by atoms with Crippen LogP contribution in [0.4, 0.5) is 0 Å². The van der Waals surface area contributed by atoms with Crippen LogP contribution in [0, 0.1) is 6.92 Å². The maximum Gasteiger partial charge on any atom is 0.252 e. The molecule has 0 aliphatic rings. The van der Waals surface area contributed by atoms with E-state index in [0.717, 1.165) is 18.5 Å². The van der Waals surface area contributed by atoms with Crippen LogP contribution in [-0.2, 0) is 0 Å². The van der Waals surface area contributed by atoms with Gasteiger partial charge in [0.2, 0.25) is 0 Å². The Morgan fingerprint density at radius 2 is 1.95 bits per heavy atom. The third-order valence-corrected chi connectivity index (χ3v) is 3.18. The Bertz CT molecular complexity index is 395. The summed E-state index contributed by atoms with van der Waals surface area (Å²) in [5.74, 6) is -0.182. The second-order valence-corrected chi connectivity index (χ2v) is 5.10. The second kappa shape index (κ2) is 7.24. The molecule has 1 rings (SSSR count). The maximum absolute atomic E-state index is 11.9. The molecule has 0 aliphatic heterocycles. The Hall–Kier alpha value is -1.42. The zero-order chi connectivity index (χ0) is 14.3. The van der Waals surface area contributed by atoms with E-state index < -0.39 is 5.60 Å². The third-order valence-electron chi connectivity index (χ3n) is 3.18. The lowest BCUT2D eigenvalue weighted by Crippen LogP contribution is -2.42. The fourth-order valence-corrected chi connectivity index (χ4v) is 2.18. The number of carbonyl (C=O) groups is 1. The van der Waals surface area contributed by atoms with Crippen molar-refractivity contribution in [3.63, 3.8) is 0 Å². The average Bonchev–Trinajstić information content (AvgIpc) is 2.37. The summed E-state index contributed by atoms with van der Waals surface area (Å²) in [5, 5.41) is 13.2. The molecule has 0 spiro atoms. The lowest BCUT2D eigenvalue weighted by atomic mass is 9.92. The van der Waals surface area contributed by atoms with Crippen LogP contribution in [0.15, 0.2) is 18.3 Å². The van der Waals surface area contributed by atoms with Gasteiger partial charge in [-0.05, 0) is 31.9 Å². The standard InChI is InChI=1S/C15H24N2O2/c1-4-8-15(19,9-5-2)11-17-14(18)13-7-6-12(3)16-10-13/h6-7,10,19H,4-5,8-9,11H2,1-3H3,(H,17,18). The highest BCUT2D eigenvalue weighted by Gasteiger charge is 2.25. The fourth-order valence-electron chi connectivity index (χ4n) is 2.18. The largest absolute Gasteiger partial charge is 0.388 e. The first-order valence-corrected chi connectivity index (χ1v) is 6.94. The molecule has 1 aromatic heterocycles. The maximum atomic E-state index is 11.9. The second-order valence-electron chi connectivity index (χ2n) is 5.10. The van der Waals surface area contributed by atoms with Crippen LogP contribution in [0.3, 0.4) is 0 Å². The van der Waals surface area contributed by atoms with Gasteiger partial charge < -0.3 is 10.4 Å². The van der Waals surface area contributed by atoms with E-state index in [4.69, 9.17) is 0 Å². The van der Waals surface area contributed by atoms with Gasteiger partial charge >= 0.3 is 0 Å². The van der Waals surface area contributed by atoms with Gasteiger partial charge in [-0.2, -0.15) is 0 Å². The Morgan fingerprint density at radius 1 is 1.32 bits per heavy atom. The van der Waals surface area contributed by atoms with E-state index in [1.165, 1.54) is 0 Å². The molecule has 4 heteroatoms. The number of nitrogens with zero attached hydrogens (tertiary/aromatic N) is 1. The van der Waals surface area contributed by atoms with Gasteiger partial charge in [0.15, 0.2) is 0 Å². The van der Waals surface area contributed by atoms with Crippen molar-refractivity contribution >= 4 is 5.91 Å². The van der Waals surface area contributed by atoms with Crippen LogP contribution in [0.2, 0.25) is 0 Å². The normalized spacial score (nSPS) is 11.4. The predicted octanol–water partition coefficient (Wildman–Crippen LogP) is 2.45. The molecule has 0 fully saturated rings. The molecule has 19 heavy (non-hydrogen) atoms. The fraction of sp³-hybridized carbons (Fsp3) is 0.600. The predicted molar refractivity (Wildman–Crippen MR) is 76.1 cm³/mol. The number of aromatic nitrogens is 1. The van der Waals surface area contributed by atoms with Gasteiger partial charge in [0, 0.05) is 18.4 Å². The molecule has 1 aromatic rings. The van der Waals surface area contributed by atoms with Gasteiger partial charge in [0.1, 0.15) is 0 Å². The molecule has 0 saturated carbocycles. The van der Waals surface area contributed by atoms with Crippen molar-refractivity contribution in [2.24, 2.45) is 0 Å². The molecule has 1 amide bonds.